The van der Waals surface area contributed by atoms with Gasteiger partial charge in [-0.3, -0.25) is 0 Å². The summed E-state index contributed by atoms with van der Waals surface area (Å²) in [5, 5.41) is 15.5. The van der Waals surface area contributed by atoms with Gasteiger partial charge in [0.2, 0.25) is 0 Å². The summed E-state index contributed by atoms with van der Waals surface area (Å²) in [5.41, 5.74) is 15.4. The maximum absolute atomic E-state index is 2.62. The lowest BCUT2D eigenvalue weighted by Gasteiger charge is -2.32. The van der Waals surface area contributed by atoms with Crippen LogP contribution in [0, 0.1) is 0 Å². The SMILES string of the molecule is c1ccc2c(c1)-c1ccccc1C21c2cc(-c3c4ccccc4c(-c4ccc5sc6cc7ccccc7cc6c5c4)c4ccccc34)c3ccccc3c2-c2ccc3ccccc3c21. The summed E-state index contributed by atoms with van der Waals surface area (Å²) in [6.45, 7) is 0. The van der Waals surface area contributed by atoms with Crippen LogP contribution in [0.2, 0.25) is 0 Å². The van der Waals surface area contributed by atoms with Crippen LogP contribution in [-0.2, 0) is 5.41 Å². The second kappa shape index (κ2) is 12.6. The normalized spacial score (nSPS) is 13.4. The number of rotatable bonds is 2. The third-order valence-corrected chi connectivity index (χ3v) is 15.9. The monoisotopic (exact) mass is 824 g/mol. The van der Waals surface area contributed by atoms with Crippen molar-refractivity contribution in [3.63, 3.8) is 0 Å². The Kier molecular flexibility index (Phi) is 6.85. The van der Waals surface area contributed by atoms with Gasteiger partial charge in [0.15, 0.2) is 0 Å². The van der Waals surface area contributed by atoms with E-state index in [0.717, 1.165) is 0 Å². The summed E-state index contributed by atoms with van der Waals surface area (Å²) < 4.78 is 2.65. The Balaban J connectivity index is 1.07. The molecule has 2 aliphatic carbocycles. The van der Waals surface area contributed by atoms with Gasteiger partial charge in [-0.25, -0.2) is 0 Å². The molecule has 13 aromatic rings. The molecule has 1 heterocycles. The van der Waals surface area contributed by atoms with Gasteiger partial charge in [0.25, 0.3) is 0 Å². The molecule has 1 aromatic heterocycles. The largest absolute Gasteiger partial charge is 0.135 e. The molecular weight excluding hydrogens is 789 g/mol. The molecule has 0 aliphatic heterocycles. The molecule has 0 radical (unpaired) electrons. The summed E-state index contributed by atoms with van der Waals surface area (Å²) in [4.78, 5) is 0. The minimum atomic E-state index is -0.507. The van der Waals surface area contributed by atoms with E-state index in [0.29, 0.717) is 0 Å². The van der Waals surface area contributed by atoms with Crippen LogP contribution in [0.25, 0.3) is 119 Å². The van der Waals surface area contributed by atoms with Crippen LogP contribution in [0.15, 0.2) is 218 Å². The molecule has 1 spiro atoms. The fourth-order valence-corrected chi connectivity index (χ4v) is 13.4. The van der Waals surface area contributed by atoms with Crippen LogP contribution in [0.5, 0.6) is 0 Å². The highest BCUT2D eigenvalue weighted by molar-refractivity contribution is 7.25. The van der Waals surface area contributed by atoms with Gasteiger partial charge in [0.05, 0.1) is 5.41 Å². The van der Waals surface area contributed by atoms with Crippen LogP contribution in [0.3, 0.4) is 0 Å². The third kappa shape index (κ3) is 4.37. The van der Waals surface area contributed by atoms with Crippen LogP contribution in [0.1, 0.15) is 22.3 Å². The van der Waals surface area contributed by atoms with Crippen molar-refractivity contribution in [3.05, 3.63) is 241 Å². The zero-order chi connectivity index (χ0) is 41.7. The van der Waals surface area contributed by atoms with Crippen LogP contribution >= 0.6 is 11.3 Å². The Bertz CT molecular complexity index is 4100. The maximum Gasteiger partial charge on any atom is 0.0731 e. The van der Waals surface area contributed by atoms with Crippen LogP contribution in [0.4, 0.5) is 0 Å². The standard InChI is InChI=1S/C63H36S/c1-2-17-39-35-58-52(33-38(39)16-1)51-34-40(30-32-57(51)64-58)59-46-23-7-9-25-48(46)60(49-26-10-8-24-47(49)59)53-36-56-61(45-22-6-5-19-42(45)53)50-31-29-37-15-3-4-18-41(37)62(50)63(56)54-27-13-11-20-43(54)44-21-12-14-28-55(44)63/h1-36H. The maximum atomic E-state index is 2.62. The fourth-order valence-electron chi connectivity index (χ4n) is 12.3. The minimum absolute atomic E-state index is 0.507. The highest BCUT2D eigenvalue weighted by Gasteiger charge is 2.53. The van der Waals surface area contributed by atoms with Crippen molar-refractivity contribution in [2.45, 2.75) is 5.41 Å². The molecule has 15 rings (SSSR count). The second-order valence-electron chi connectivity index (χ2n) is 17.8. The third-order valence-electron chi connectivity index (χ3n) is 14.8. The molecule has 0 bridgehead atoms. The van der Waals surface area contributed by atoms with Crippen LogP contribution < -0.4 is 0 Å². The van der Waals surface area contributed by atoms with Crippen molar-refractivity contribution in [1.29, 1.82) is 0 Å². The Morgan fingerprint density at radius 1 is 0.266 bits per heavy atom. The van der Waals surface area contributed by atoms with Crippen molar-refractivity contribution >= 4 is 85.4 Å². The first-order chi connectivity index (χ1) is 31.8. The number of hydrogen-bond donors (Lipinski definition) is 0. The summed E-state index contributed by atoms with van der Waals surface area (Å²) in [6, 6.07) is 83.0. The summed E-state index contributed by atoms with van der Waals surface area (Å²) in [7, 11) is 0. The van der Waals surface area contributed by atoms with Crippen molar-refractivity contribution in [2.24, 2.45) is 0 Å². The van der Waals surface area contributed by atoms with Gasteiger partial charge in [0.1, 0.15) is 0 Å². The fraction of sp³-hybridized carbons (Fsp3) is 0.0159. The Morgan fingerprint density at radius 2 is 0.781 bits per heavy atom. The smallest absolute Gasteiger partial charge is 0.0731 e. The van der Waals surface area contributed by atoms with E-state index in [4.69, 9.17) is 0 Å². The molecule has 0 N–H and O–H groups in total. The molecular formula is C63H36S. The number of hydrogen-bond acceptors (Lipinski definition) is 1. The topological polar surface area (TPSA) is 0 Å². The van der Waals surface area contributed by atoms with Gasteiger partial charge in [0, 0.05) is 20.2 Å². The number of benzene rings is 12. The molecule has 0 atom stereocenters. The average molecular weight is 825 g/mol. The zero-order valence-corrected chi connectivity index (χ0v) is 35.5. The Morgan fingerprint density at radius 3 is 1.45 bits per heavy atom. The van der Waals surface area contributed by atoms with Crippen molar-refractivity contribution in [1.82, 2.24) is 0 Å². The van der Waals surface area contributed by atoms with E-state index in [9.17, 15) is 0 Å². The van der Waals surface area contributed by atoms with Gasteiger partial charge >= 0.3 is 0 Å². The molecule has 0 unspecified atom stereocenters. The van der Waals surface area contributed by atoms with E-state index in [1.807, 2.05) is 11.3 Å². The number of fused-ring (bicyclic) bond motifs is 20. The molecule has 0 amide bonds. The van der Waals surface area contributed by atoms with E-state index in [1.165, 1.54) is 141 Å². The molecule has 0 saturated heterocycles. The lowest BCUT2D eigenvalue weighted by molar-refractivity contribution is 0.802. The van der Waals surface area contributed by atoms with E-state index < -0.39 is 5.41 Å². The van der Waals surface area contributed by atoms with Crippen molar-refractivity contribution in [2.75, 3.05) is 0 Å². The summed E-state index contributed by atoms with van der Waals surface area (Å²) >= 11 is 1.89. The second-order valence-corrected chi connectivity index (χ2v) is 18.9. The summed E-state index contributed by atoms with van der Waals surface area (Å²) in [6.07, 6.45) is 0. The van der Waals surface area contributed by atoms with Gasteiger partial charge < -0.3 is 0 Å². The molecule has 294 valence electrons. The first-order valence-electron chi connectivity index (χ1n) is 22.3. The first kappa shape index (κ1) is 34.7. The minimum Gasteiger partial charge on any atom is -0.135 e. The molecule has 12 aromatic carbocycles. The lowest BCUT2D eigenvalue weighted by Crippen LogP contribution is -2.26. The average Bonchev–Trinajstić information content (AvgIpc) is 3.98. The molecule has 0 saturated carbocycles. The summed E-state index contributed by atoms with van der Waals surface area (Å²) in [5.74, 6) is 0. The van der Waals surface area contributed by atoms with E-state index in [-0.39, 0.29) is 0 Å². The first-order valence-corrected chi connectivity index (χ1v) is 23.1. The molecule has 64 heavy (non-hydrogen) atoms. The van der Waals surface area contributed by atoms with Crippen LogP contribution in [-0.4, -0.2) is 0 Å². The van der Waals surface area contributed by atoms with Gasteiger partial charge in [-0.05, 0) is 151 Å². The highest BCUT2D eigenvalue weighted by Crippen LogP contribution is 2.66. The predicted octanol–water partition coefficient (Wildman–Crippen LogP) is 17.5. The Hall–Kier alpha value is -7.84. The Labute approximate surface area is 373 Å². The molecule has 1 heteroatoms. The van der Waals surface area contributed by atoms with Gasteiger partial charge in [-0.2, -0.15) is 0 Å². The van der Waals surface area contributed by atoms with E-state index >= 15 is 0 Å². The lowest BCUT2D eigenvalue weighted by atomic mass is 9.68. The molecule has 2 aliphatic rings. The highest BCUT2D eigenvalue weighted by atomic mass is 32.1. The number of thiophene rings is 1. The molecule has 0 nitrogen and oxygen atoms in total. The quantitative estimate of drug-likeness (QED) is 0.152. The molecule has 0 fully saturated rings. The van der Waals surface area contributed by atoms with Gasteiger partial charge in [-0.15, -0.1) is 11.3 Å². The predicted molar refractivity (Wildman–Crippen MR) is 274 cm³/mol. The van der Waals surface area contributed by atoms with Crippen molar-refractivity contribution in [3.8, 4) is 44.5 Å². The van der Waals surface area contributed by atoms with Gasteiger partial charge in [-0.1, -0.05) is 188 Å². The van der Waals surface area contributed by atoms with E-state index in [1.54, 1.807) is 0 Å². The zero-order valence-electron chi connectivity index (χ0n) is 34.7. The van der Waals surface area contributed by atoms with Crippen molar-refractivity contribution < 1.29 is 0 Å². The van der Waals surface area contributed by atoms with E-state index in [2.05, 4.69) is 218 Å².